The Morgan fingerprint density at radius 2 is 1.87 bits per heavy atom. The van der Waals surface area contributed by atoms with E-state index in [1.54, 1.807) is 31.6 Å². The Kier molecular flexibility index (Phi) is 7.48. The van der Waals surface area contributed by atoms with Crippen LogP contribution in [0.25, 0.3) is 6.08 Å². The van der Waals surface area contributed by atoms with Gasteiger partial charge in [0.25, 0.3) is 0 Å². The molecule has 0 saturated carbocycles. The van der Waals surface area contributed by atoms with Crippen molar-refractivity contribution in [2.75, 3.05) is 18.9 Å². The molecular weight excluding hydrogens is 392 g/mol. The monoisotopic (exact) mass is 416 g/mol. The van der Waals surface area contributed by atoms with Crippen molar-refractivity contribution in [2.45, 2.75) is 13.5 Å². The van der Waals surface area contributed by atoms with Crippen LogP contribution >= 0.6 is 0 Å². The summed E-state index contributed by atoms with van der Waals surface area (Å²) in [4.78, 5) is 34.1. The van der Waals surface area contributed by atoms with E-state index in [0.717, 1.165) is 16.8 Å². The first kappa shape index (κ1) is 21.7. The third kappa shape index (κ3) is 7.08. The highest BCUT2D eigenvalue weighted by Crippen LogP contribution is 2.15. The third-order valence-corrected chi connectivity index (χ3v) is 4.35. The van der Waals surface area contributed by atoms with E-state index in [9.17, 15) is 9.59 Å². The number of hydrogen-bond acceptors (Lipinski definition) is 5. The number of amides is 2. The number of carbonyl (C=O) groups excluding carboxylic acids is 2. The molecule has 2 amide bonds. The van der Waals surface area contributed by atoms with Crippen LogP contribution in [-0.2, 0) is 16.2 Å². The van der Waals surface area contributed by atoms with Gasteiger partial charge in [-0.2, -0.15) is 0 Å². The summed E-state index contributed by atoms with van der Waals surface area (Å²) in [5, 5.41) is 2.69. The zero-order chi connectivity index (χ0) is 22.1. The minimum absolute atomic E-state index is 0.0703. The number of rotatable bonds is 8. The van der Waals surface area contributed by atoms with E-state index in [-0.39, 0.29) is 18.4 Å². The molecule has 2 heterocycles. The maximum Gasteiger partial charge on any atom is 0.246 e. The van der Waals surface area contributed by atoms with E-state index < -0.39 is 0 Å². The van der Waals surface area contributed by atoms with E-state index in [1.165, 1.54) is 11.0 Å². The molecule has 2 aromatic heterocycles. The lowest BCUT2D eigenvalue weighted by atomic mass is 10.2. The first-order valence-electron chi connectivity index (χ1n) is 9.78. The van der Waals surface area contributed by atoms with Crippen molar-refractivity contribution in [3.63, 3.8) is 0 Å². The average Bonchev–Trinajstić information content (AvgIpc) is 2.77. The van der Waals surface area contributed by atoms with E-state index >= 15 is 0 Å². The number of benzene rings is 1. The number of anilines is 1. The molecule has 3 rings (SSSR count). The van der Waals surface area contributed by atoms with Gasteiger partial charge in [0, 0.05) is 25.5 Å². The maximum atomic E-state index is 12.3. The number of likely N-dealkylation sites (N-methyl/N-ethyl adjacent to an activating group) is 1. The topological polar surface area (TPSA) is 84.4 Å². The molecule has 0 saturated heterocycles. The van der Waals surface area contributed by atoms with Gasteiger partial charge in [-0.15, -0.1) is 0 Å². The van der Waals surface area contributed by atoms with Crippen LogP contribution in [0, 0.1) is 6.92 Å². The van der Waals surface area contributed by atoms with Crippen molar-refractivity contribution in [2.24, 2.45) is 0 Å². The minimum atomic E-state index is -0.309. The van der Waals surface area contributed by atoms with Crippen molar-refractivity contribution in [1.82, 2.24) is 14.9 Å². The fraction of sp³-hybridized carbons (Fsp3) is 0.167. The van der Waals surface area contributed by atoms with E-state index in [2.05, 4.69) is 15.3 Å². The Morgan fingerprint density at radius 1 is 1.06 bits per heavy atom. The predicted molar refractivity (Wildman–Crippen MR) is 119 cm³/mol. The highest BCUT2D eigenvalue weighted by molar-refractivity contribution is 5.97. The largest absolute Gasteiger partial charge is 0.487 e. The van der Waals surface area contributed by atoms with Crippen LogP contribution in [0.4, 0.5) is 5.82 Å². The molecule has 1 aromatic carbocycles. The summed E-state index contributed by atoms with van der Waals surface area (Å²) in [6, 6.07) is 16.7. The Hall–Kier alpha value is -4.00. The van der Waals surface area contributed by atoms with Crippen LogP contribution in [0.1, 0.15) is 16.8 Å². The highest BCUT2D eigenvalue weighted by Gasteiger charge is 2.11. The molecule has 0 radical (unpaired) electrons. The summed E-state index contributed by atoms with van der Waals surface area (Å²) in [6.07, 6.45) is 6.48. The van der Waals surface area contributed by atoms with E-state index in [4.69, 9.17) is 4.74 Å². The van der Waals surface area contributed by atoms with Crippen molar-refractivity contribution in [1.29, 1.82) is 0 Å². The fourth-order valence-corrected chi connectivity index (χ4v) is 2.69. The zero-order valence-corrected chi connectivity index (χ0v) is 17.5. The molecule has 31 heavy (non-hydrogen) atoms. The third-order valence-electron chi connectivity index (χ3n) is 4.35. The molecule has 158 valence electrons. The van der Waals surface area contributed by atoms with Crippen LogP contribution in [0.3, 0.4) is 0 Å². The van der Waals surface area contributed by atoms with E-state index in [1.807, 2.05) is 55.5 Å². The molecular formula is C24H24N4O3. The quantitative estimate of drug-likeness (QED) is 0.569. The number of nitrogens with zero attached hydrogens (tertiary/aromatic N) is 3. The number of pyridine rings is 2. The maximum absolute atomic E-state index is 12.3. The first-order valence-corrected chi connectivity index (χ1v) is 9.78. The molecule has 0 spiro atoms. The molecule has 3 aromatic rings. The van der Waals surface area contributed by atoms with Crippen LogP contribution in [0.5, 0.6) is 5.75 Å². The van der Waals surface area contributed by atoms with E-state index in [0.29, 0.717) is 18.2 Å². The lowest BCUT2D eigenvalue weighted by Crippen LogP contribution is -2.34. The minimum Gasteiger partial charge on any atom is -0.487 e. The number of aromatic nitrogens is 2. The zero-order valence-electron chi connectivity index (χ0n) is 17.5. The molecule has 0 fully saturated rings. The van der Waals surface area contributed by atoms with Gasteiger partial charge in [-0.1, -0.05) is 18.2 Å². The van der Waals surface area contributed by atoms with Gasteiger partial charge >= 0.3 is 0 Å². The van der Waals surface area contributed by atoms with Gasteiger partial charge in [0.2, 0.25) is 11.8 Å². The molecule has 0 atom stereocenters. The van der Waals surface area contributed by atoms with Gasteiger partial charge in [-0.3, -0.25) is 14.6 Å². The fourth-order valence-electron chi connectivity index (χ4n) is 2.69. The molecule has 0 aliphatic heterocycles. The summed E-state index contributed by atoms with van der Waals surface area (Å²) in [6.45, 7) is 2.23. The number of aryl methyl sites for hydroxylation is 1. The normalized spacial score (nSPS) is 10.6. The molecule has 7 nitrogen and oxygen atoms in total. The summed E-state index contributed by atoms with van der Waals surface area (Å²) in [5.74, 6) is 0.596. The van der Waals surface area contributed by atoms with Crippen molar-refractivity contribution in [3.8, 4) is 5.75 Å². The second-order valence-corrected chi connectivity index (χ2v) is 6.97. The Balaban J connectivity index is 1.47. The average molecular weight is 416 g/mol. The van der Waals surface area contributed by atoms with Gasteiger partial charge in [-0.05, 0) is 60.5 Å². The van der Waals surface area contributed by atoms with Crippen LogP contribution in [0.2, 0.25) is 0 Å². The Morgan fingerprint density at radius 3 is 2.58 bits per heavy atom. The summed E-state index contributed by atoms with van der Waals surface area (Å²) < 4.78 is 5.70. The van der Waals surface area contributed by atoms with Crippen LogP contribution < -0.4 is 10.1 Å². The van der Waals surface area contributed by atoms with Crippen LogP contribution in [-0.4, -0.2) is 40.3 Å². The summed E-state index contributed by atoms with van der Waals surface area (Å²) >= 11 is 0. The van der Waals surface area contributed by atoms with Crippen LogP contribution in [0.15, 0.2) is 73.1 Å². The summed E-state index contributed by atoms with van der Waals surface area (Å²) in [5.41, 5.74) is 2.69. The molecule has 0 aliphatic rings. The highest BCUT2D eigenvalue weighted by atomic mass is 16.5. The smallest absolute Gasteiger partial charge is 0.246 e. The van der Waals surface area contributed by atoms with Gasteiger partial charge in [0.05, 0.1) is 12.2 Å². The SMILES string of the molecule is Cc1ccnc(NC(=O)CN(C)C(=O)/C=C/c2ccc(OCc3ccccn3)cc2)c1. The summed E-state index contributed by atoms with van der Waals surface area (Å²) in [7, 11) is 1.57. The standard InChI is InChI=1S/C24H24N4O3/c1-18-12-14-26-22(15-18)27-23(29)16-28(2)24(30)11-8-19-6-9-21(10-7-19)31-17-20-5-3-4-13-25-20/h3-15H,16-17H2,1-2H3,(H,26,27,29)/b11-8+. The van der Waals surface area contributed by atoms with Gasteiger partial charge in [0.15, 0.2) is 0 Å². The second kappa shape index (κ2) is 10.7. The molecule has 0 bridgehead atoms. The first-order chi connectivity index (χ1) is 15.0. The Labute approximate surface area is 181 Å². The van der Waals surface area contributed by atoms with Crippen molar-refractivity contribution < 1.29 is 14.3 Å². The lowest BCUT2D eigenvalue weighted by Gasteiger charge is -2.14. The Bertz CT molecular complexity index is 1050. The lowest BCUT2D eigenvalue weighted by molar-refractivity contribution is -0.129. The number of hydrogen-bond donors (Lipinski definition) is 1. The van der Waals surface area contributed by atoms with Gasteiger partial charge in [0.1, 0.15) is 18.2 Å². The number of carbonyl (C=O) groups is 2. The second-order valence-electron chi connectivity index (χ2n) is 6.97. The number of ether oxygens (including phenoxy) is 1. The molecule has 1 N–H and O–H groups in total. The predicted octanol–water partition coefficient (Wildman–Crippen LogP) is 3.47. The van der Waals surface area contributed by atoms with Crippen molar-refractivity contribution in [3.05, 3.63) is 89.9 Å². The molecule has 0 unspecified atom stereocenters. The number of nitrogens with one attached hydrogen (secondary N) is 1. The molecule has 7 heteroatoms. The molecule has 0 aliphatic carbocycles. The van der Waals surface area contributed by atoms with Gasteiger partial charge in [-0.25, -0.2) is 4.98 Å². The van der Waals surface area contributed by atoms with Crippen molar-refractivity contribution >= 4 is 23.7 Å². The van der Waals surface area contributed by atoms with Gasteiger partial charge < -0.3 is 15.0 Å².